The molecule has 0 atom stereocenters. The van der Waals surface area contributed by atoms with Crippen molar-refractivity contribution in [2.24, 2.45) is 5.41 Å². The van der Waals surface area contributed by atoms with E-state index in [2.05, 4.69) is 5.32 Å². The van der Waals surface area contributed by atoms with Crippen molar-refractivity contribution in [1.29, 1.82) is 5.26 Å². The van der Waals surface area contributed by atoms with Gasteiger partial charge in [0, 0.05) is 18.2 Å². The Morgan fingerprint density at radius 3 is 2.24 bits per heavy atom. The van der Waals surface area contributed by atoms with Crippen LogP contribution in [0.25, 0.3) is 0 Å². The van der Waals surface area contributed by atoms with E-state index in [4.69, 9.17) is 17.5 Å². The first kappa shape index (κ1) is 28.1. The molecule has 3 rings (SSSR count). The first-order valence-corrected chi connectivity index (χ1v) is 11.8. The van der Waals surface area contributed by atoms with Crippen LogP contribution in [0.4, 0.5) is 28.9 Å². The van der Waals surface area contributed by atoms with Crippen LogP contribution in [0.5, 0.6) is 0 Å². The van der Waals surface area contributed by atoms with Crippen molar-refractivity contribution in [2.75, 3.05) is 16.8 Å². The second-order valence-corrected chi connectivity index (χ2v) is 10.2. The quantitative estimate of drug-likeness (QED) is 0.400. The van der Waals surface area contributed by atoms with E-state index >= 15 is 4.39 Å². The lowest BCUT2D eigenvalue weighted by atomic mass is 9.85. The molecule has 1 aliphatic rings. The molecule has 1 heterocycles. The summed E-state index contributed by atoms with van der Waals surface area (Å²) < 4.78 is 55.7. The summed E-state index contributed by atoms with van der Waals surface area (Å²) in [6, 6.07) is 10.2. The molecule has 11 heteroatoms. The van der Waals surface area contributed by atoms with Crippen molar-refractivity contribution in [1.82, 2.24) is 5.32 Å². The fourth-order valence-electron chi connectivity index (χ4n) is 4.27. The molecule has 37 heavy (non-hydrogen) atoms. The van der Waals surface area contributed by atoms with E-state index in [0.717, 1.165) is 22.6 Å². The molecule has 0 radical (unpaired) electrons. The van der Waals surface area contributed by atoms with Crippen molar-refractivity contribution < 1.29 is 27.2 Å². The molecule has 1 fully saturated rings. The molecule has 1 aliphatic heterocycles. The highest BCUT2D eigenvalue weighted by atomic mass is 32.1. The van der Waals surface area contributed by atoms with Gasteiger partial charge in [0.25, 0.3) is 5.91 Å². The van der Waals surface area contributed by atoms with Crippen molar-refractivity contribution in [3.8, 4) is 6.07 Å². The Labute approximate surface area is 217 Å². The van der Waals surface area contributed by atoms with Gasteiger partial charge in [-0.1, -0.05) is 26.0 Å². The Morgan fingerprint density at radius 1 is 1.14 bits per heavy atom. The highest BCUT2D eigenvalue weighted by molar-refractivity contribution is 7.81. The second-order valence-electron chi connectivity index (χ2n) is 9.88. The number of carbonyl (C=O) groups excluding carboxylic acids is 2. The SMILES string of the molecule is CNC(=O)C(C)(C)CCc1ccc(N2C(=S)N(c3ccc(C#N)c(C(F)(F)F)c3F)C(=O)C2(C)C)cc1. The van der Waals surface area contributed by atoms with E-state index < -0.39 is 45.7 Å². The maximum atomic E-state index is 15.1. The third kappa shape index (κ3) is 5.03. The summed E-state index contributed by atoms with van der Waals surface area (Å²) in [6.07, 6.45) is -3.95. The van der Waals surface area contributed by atoms with E-state index in [1.165, 1.54) is 24.8 Å². The van der Waals surface area contributed by atoms with Crippen LogP contribution in [0.3, 0.4) is 0 Å². The molecule has 1 saturated heterocycles. The third-order valence-electron chi connectivity index (χ3n) is 6.51. The third-order valence-corrected chi connectivity index (χ3v) is 6.87. The Balaban J connectivity index is 1.95. The molecule has 2 aromatic carbocycles. The molecule has 0 unspecified atom stereocenters. The number of aryl methyl sites for hydroxylation is 1. The summed E-state index contributed by atoms with van der Waals surface area (Å²) in [4.78, 5) is 27.5. The lowest BCUT2D eigenvalue weighted by Gasteiger charge is -2.29. The molecule has 0 bridgehead atoms. The van der Waals surface area contributed by atoms with Crippen LogP contribution in [0.15, 0.2) is 36.4 Å². The predicted molar refractivity (Wildman–Crippen MR) is 135 cm³/mol. The summed E-state index contributed by atoms with van der Waals surface area (Å²) in [5.74, 6) is -2.53. The molecule has 196 valence electrons. The number of hydrogen-bond acceptors (Lipinski definition) is 4. The zero-order chi connectivity index (χ0) is 27.9. The summed E-state index contributed by atoms with van der Waals surface area (Å²) in [6.45, 7) is 6.76. The largest absolute Gasteiger partial charge is 0.420 e. The van der Waals surface area contributed by atoms with Gasteiger partial charge in [-0.15, -0.1) is 0 Å². The van der Waals surface area contributed by atoms with Gasteiger partial charge in [-0.3, -0.25) is 14.5 Å². The fourth-order valence-corrected chi connectivity index (χ4v) is 4.78. The standard InChI is InChI=1S/C26H26F4N4O2S/c1-24(2,21(35)32-5)13-12-15-6-9-17(10-7-15)34-23(37)33(22(36)25(34,3)4)18-11-8-16(14-31)19(20(18)27)26(28,29)30/h6-11H,12-13H2,1-5H3,(H,32,35). The zero-order valence-electron chi connectivity index (χ0n) is 21.0. The summed E-state index contributed by atoms with van der Waals surface area (Å²) in [5, 5.41) is 11.5. The average molecular weight is 535 g/mol. The van der Waals surface area contributed by atoms with Gasteiger partial charge in [0.15, 0.2) is 10.9 Å². The monoisotopic (exact) mass is 534 g/mol. The number of nitrogens with zero attached hydrogens (tertiary/aromatic N) is 3. The van der Waals surface area contributed by atoms with Gasteiger partial charge in [-0.05, 0) is 68.7 Å². The number of nitriles is 1. The summed E-state index contributed by atoms with van der Waals surface area (Å²) >= 11 is 5.46. The van der Waals surface area contributed by atoms with Crippen molar-refractivity contribution >= 4 is 40.5 Å². The van der Waals surface area contributed by atoms with Crippen LogP contribution < -0.4 is 15.1 Å². The van der Waals surface area contributed by atoms with Gasteiger partial charge in [0.2, 0.25) is 5.91 Å². The molecule has 0 aromatic heterocycles. The number of hydrogen-bond donors (Lipinski definition) is 1. The number of carbonyl (C=O) groups is 2. The summed E-state index contributed by atoms with van der Waals surface area (Å²) in [5.41, 5.74) is -3.80. The maximum absolute atomic E-state index is 15.1. The highest BCUT2D eigenvalue weighted by Gasteiger charge is 2.52. The lowest BCUT2D eigenvalue weighted by molar-refractivity contribution is -0.140. The number of amides is 2. The molecular formula is C26H26F4N4O2S. The number of halogens is 4. The minimum absolute atomic E-state index is 0.0735. The number of anilines is 2. The predicted octanol–water partition coefficient (Wildman–Crippen LogP) is 5.34. The zero-order valence-corrected chi connectivity index (χ0v) is 21.8. The molecule has 1 N–H and O–H groups in total. The van der Waals surface area contributed by atoms with Crippen LogP contribution >= 0.6 is 12.2 Å². The van der Waals surface area contributed by atoms with Gasteiger partial charge in [0.05, 0.1) is 17.3 Å². The molecule has 0 spiro atoms. The first-order valence-electron chi connectivity index (χ1n) is 11.4. The minimum Gasteiger partial charge on any atom is -0.359 e. The normalized spacial score (nSPS) is 15.7. The highest BCUT2D eigenvalue weighted by Crippen LogP contribution is 2.42. The molecule has 0 saturated carbocycles. The van der Waals surface area contributed by atoms with Crippen LogP contribution in [0, 0.1) is 22.6 Å². The molecule has 2 amide bonds. The van der Waals surface area contributed by atoms with E-state index in [1.54, 1.807) is 19.2 Å². The number of nitrogens with one attached hydrogen (secondary N) is 1. The van der Waals surface area contributed by atoms with Gasteiger partial charge >= 0.3 is 6.18 Å². The van der Waals surface area contributed by atoms with Crippen molar-refractivity contribution in [3.63, 3.8) is 0 Å². The smallest absolute Gasteiger partial charge is 0.359 e. The number of thiocarbonyl (C=S) groups is 1. The van der Waals surface area contributed by atoms with Gasteiger partial charge in [-0.25, -0.2) is 4.39 Å². The molecule has 0 aliphatic carbocycles. The molecular weight excluding hydrogens is 508 g/mol. The van der Waals surface area contributed by atoms with Crippen LogP contribution in [0.1, 0.15) is 50.8 Å². The minimum atomic E-state index is -5.15. The Morgan fingerprint density at radius 2 is 1.73 bits per heavy atom. The number of benzene rings is 2. The Bertz CT molecular complexity index is 1300. The Kier molecular flexibility index (Phi) is 7.39. The van der Waals surface area contributed by atoms with E-state index in [9.17, 15) is 22.8 Å². The van der Waals surface area contributed by atoms with Crippen LogP contribution in [-0.4, -0.2) is 29.5 Å². The van der Waals surface area contributed by atoms with Crippen molar-refractivity contribution in [2.45, 2.75) is 52.3 Å². The van der Waals surface area contributed by atoms with Crippen LogP contribution in [-0.2, 0) is 22.2 Å². The Hall–Kier alpha value is -3.52. The lowest BCUT2D eigenvalue weighted by Crippen LogP contribution is -2.44. The maximum Gasteiger partial charge on any atom is 0.420 e. The van der Waals surface area contributed by atoms with Gasteiger partial charge < -0.3 is 10.2 Å². The first-order chi connectivity index (χ1) is 17.1. The van der Waals surface area contributed by atoms with Crippen LogP contribution in [0.2, 0.25) is 0 Å². The second kappa shape index (κ2) is 9.74. The van der Waals surface area contributed by atoms with E-state index in [-0.39, 0.29) is 11.0 Å². The fraction of sp³-hybridized carbons (Fsp3) is 0.385. The number of alkyl halides is 3. The van der Waals surface area contributed by atoms with Crippen molar-refractivity contribution in [3.05, 3.63) is 58.9 Å². The topological polar surface area (TPSA) is 76.4 Å². The number of rotatable bonds is 6. The van der Waals surface area contributed by atoms with Gasteiger partial charge in [0.1, 0.15) is 11.1 Å². The van der Waals surface area contributed by atoms with Gasteiger partial charge in [-0.2, -0.15) is 18.4 Å². The molecule has 2 aromatic rings. The van der Waals surface area contributed by atoms with E-state index in [0.29, 0.717) is 18.5 Å². The summed E-state index contributed by atoms with van der Waals surface area (Å²) in [7, 11) is 1.58. The average Bonchev–Trinajstić information content (AvgIpc) is 3.00. The van der Waals surface area contributed by atoms with E-state index in [1.807, 2.05) is 26.0 Å². The molecule has 6 nitrogen and oxygen atoms in total.